The monoisotopic (exact) mass is 271 g/mol. The molecule has 0 bridgehead atoms. The lowest BCUT2D eigenvalue weighted by molar-refractivity contribution is -0.119. The SMILES string of the molecule is O=C1CCC(C(=O)c2ccc(C3CCCCC3)cc2)N1. The fourth-order valence-electron chi connectivity index (χ4n) is 3.37. The van der Waals surface area contributed by atoms with Gasteiger partial charge in [-0.1, -0.05) is 43.5 Å². The predicted molar refractivity (Wildman–Crippen MR) is 77.8 cm³/mol. The number of amides is 1. The molecule has 3 heteroatoms. The summed E-state index contributed by atoms with van der Waals surface area (Å²) in [5.74, 6) is 0.701. The van der Waals surface area contributed by atoms with E-state index in [4.69, 9.17) is 0 Å². The van der Waals surface area contributed by atoms with Crippen molar-refractivity contribution in [3.8, 4) is 0 Å². The number of Topliss-reactive ketones (excluding diaryl/α,β-unsaturated/α-hetero) is 1. The van der Waals surface area contributed by atoms with Crippen molar-refractivity contribution >= 4 is 11.7 Å². The molecule has 106 valence electrons. The molecule has 1 amide bonds. The molecule has 1 atom stereocenters. The summed E-state index contributed by atoms with van der Waals surface area (Å²) in [6, 6.07) is 7.73. The maximum atomic E-state index is 12.3. The molecule has 1 aliphatic heterocycles. The number of carbonyl (C=O) groups is 2. The Kier molecular flexibility index (Phi) is 3.86. The van der Waals surface area contributed by atoms with E-state index < -0.39 is 0 Å². The molecule has 1 N–H and O–H groups in total. The van der Waals surface area contributed by atoms with E-state index in [0.29, 0.717) is 18.8 Å². The number of carbonyl (C=O) groups excluding carboxylic acids is 2. The third-order valence-corrected chi connectivity index (χ3v) is 4.58. The molecule has 20 heavy (non-hydrogen) atoms. The van der Waals surface area contributed by atoms with Crippen molar-refractivity contribution in [2.45, 2.75) is 56.9 Å². The average Bonchev–Trinajstić information content (AvgIpc) is 2.94. The van der Waals surface area contributed by atoms with Gasteiger partial charge < -0.3 is 5.32 Å². The third kappa shape index (κ3) is 2.77. The highest BCUT2D eigenvalue weighted by Gasteiger charge is 2.28. The Hall–Kier alpha value is -1.64. The van der Waals surface area contributed by atoms with Crippen molar-refractivity contribution < 1.29 is 9.59 Å². The maximum Gasteiger partial charge on any atom is 0.220 e. The summed E-state index contributed by atoms with van der Waals surface area (Å²) in [6.45, 7) is 0. The summed E-state index contributed by atoms with van der Waals surface area (Å²) in [7, 11) is 0. The Morgan fingerprint density at radius 1 is 1.00 bits per heavy atom. The number of hydrogen-bond acceptors (Lipinski definition) is 2. The lowest BCUT2D eigenvalue weighted by atomic mass is 9.83. The zero-order chi connectivity index (χ0) is 13.9. The molecule has 2 aliphatic rings. The van der Waals surface area contributed by atoms with Gasteiger partial charge in [0.15, 0.2) is 5.78 Å². The van der Waals surface area contributed by atoms with Crippen molar-refractivity contribution in [1.82, 2.24) is 5.32 Å². The molecule has 1 saturated heterocycles. The van der Waals surface area contributed by atoms with E-state index in [1.807, 2.05) is 12.1 Å². The molecule has 1 heterocycles. The molecule has 0 spiro atoms. The Morgan fingerprint density at radius 3 is 2.30 bits per heavy atom. The van der Waals surface area contributed by atoms with E-state index >= 15 is 0 Å². The first-order valence-corrected chi connectivity index (χ1v) is 7.67. The van der Waals surface area contributed by atoms with Gasteiger partial charge in [0.05, 0.1) is 6.04 Å². The van der Waals surface area contributed by atoms with Crippen LogP contribution in [-0.4, -0.2) is 17.7 Å². The highest BCUT2D eigenvalue weighted by Crippen LogP contribution is 2.32. The van der Waals surface area contributed by atoms with Crippen LogP contribution >= 0.6 is 0 Å². The van der Waals surface area contributed by atoms with Crippen molar-refractivity contribution in [1.29, 1.82) is 0 Å². The van der Waals surface area contributed by atoms with E-state index in [-0.39, 0.29) is 17.7 Å². The van der Waals surface area contributed by atoms with Crippen molar-refractivity contribution in [2.75, 3.05) is 0 Å². The average molecular weight is 271 g/mol. The van der Waals surface area contributed by atoms with Gasteiger partial charge in [0, 0.05) is 12.0 Å². The standard InChI is InChI=1S/C17H21NO2/c19-16-11-10-15(18-16)17(20)14-8-6-13(7-9-14)12-4-2-1-3-5-12/h6-9,12,15H,1-5,10-11H2,(H,18,19). The van der Waals surface area contributed by atoms with Gasteiger partial charge in [0.1, 0.15) is 0 Å². The zero-order valence-electron chi connectivity index (χ0n) is 11.7. The molecular formula is C17H21NO2. The van der Waals surface area contributed by atoms with Crippen molar-refractivity contribution in [3.05, 3.63) is 35.4 Å². The van der Waals surface area contributed by atoms with Gasteiger partial charge in [-0.3, -0.25) is 9.59 Å². The summed E-state index contributed by atoms with van der Waals surface area (Å²) in [5.41, 5.74) is 2.08. The number of ketones is 1. The summed E-state index contributed by atoms with van der Waals surface area (Å²) in [4.78, 5) is 23.5. The largest absolute Gasteiger partial charge is 0.346 e. The summed E-state index contributed by atoms with van der Waals surface area (Å²) < 4.78 is 0. The van der Waals surface area contributed by atoms with Crippen molar-refractivity contribution in [3.63, 3.8) is 0 Å². The van der Waals surface area contributed by atoms with Gasteiger partial charge in [0.25, 0.3) is 0 Å². The highest BCUT2D eigenvalue weighted by atomic mass is 16.2. The second-order valence-electron chi connectivity index (χ2n) is 5.98. The number of rotatable bonds is 3. The van der Waals surface area contributed by atoms with Crippen LogP contribution < -0.4 is 5.32 Å². The molecule has 1 aromatic carbocycles. The van der Waals surface area contributed by atoms with Crippen LogP contribution in [0.15, 0.2) is 24.3 Å². The lowest BCUT2D eigenvalue weighted by Gasteiger charge is -2.22. The van der Waals surface area contributed by atoms with Crippen LogP contribution in [0, 0.1) is 0 Å². The molecule has 2 fully saturated rings. The van der Waals surface area contributed by atoms with E-state index in [0.717, 1.165) is 5.56 Å². The molecule has 3 nitrogen and oxygen atoms in total. The van der Waals surface area contributed by atoms with Crippen LogP contribution in [0.4, 0.5) is 0 Å². The lowest BCUT2D eigenvalue weighted by Crippen LogP contribution is -2.33. The van der Waals surface area contributed by atoms with Gasteiger partial charge in [-0.15, -0.1) is 0 Å². The predicted octanol–water partition coefficient (Wildman–Crippen LogP) is 3.20. The van der Waals surface area contributed by atoms with E-state index in [9.17, 15) is 9.59 Å². The van der Waals surface area contributed by atoms with Crippen molar-refractivity contribution in [2.24, 2.45) is 0 Å². The second kappa shape index (κ2) is 5.78. The molecular weight excluding hydrogens is 250 g/mol. The number of hydrogen-bond donors (Lipinski definition) is 1. The molecule has 0 aromatic heterocycles. The number of nitrogens with one attached hydrogen (secondary N) is 1. The first kappa shape index (κ1) is 13.3. The van der Waals surface area contributed by atoms with E-state index in [2.05, 4.69) is 17.4 Å². The Labute approximate surface area is 119 Å². The van der Waals surface area contributed by atoms with Gasteiger partial charge in [0.2, 0.25) is 5.91 Å². The first-order valence-electron chi connectivity index (χ1n) is 7.67. The van der Waals surface area contributed by atoms with Crippen LogP contribution in [0.5, 0.6) is 0 Å². The summed E-state index contributed by atoms with van der Waals surface area (Å²) in [6.07, 6.45) is 7.63. The molecule has 1 aliphatic carbocycles. The van der Waals surface area contributed by atoms with E-state index in [1.165, 1.54) is 37.7 Å². The molecule has 1 aromatic rings. The van der Waals surface area contributed by atoms with Gasteiger partial charge in [-0.05, 0) is 30.7 Å². The Morgan fingerprint density at radius 2 is 1.70 bits per heavy atom. The summed E-state index contributed by atoms with van der Waals surface area (Å²) >= 11 is 0. The Balaban J connectivity index is 1.69. The maximum absolute atomic E-state index is 12.3. The summed E-state index contributed by atoms with van der Waals surface area (Å²) in [5, 5.41) is 2.74. The minimum atomic E-state index is -0.317. The highest BCUT2D eigenvalue weighted by molar-refractivity contribution is 6.03. The van der Waals surface area contributed by atoms with Crippen LogP contribution in [0.1, 0.15) is 66.8 Å². The third-order valence-electron chi connectivity index (χ3n) is 4.58. The minimum absolute atomic E-state index is 0.0119. The molecule has 1 saturated carbocycles. The molecule has 1 unspecified atom stereocenters. The van der Waals surface area contributed by atoms with E-state index in [1.54, 1.807) is 0 Å². The normalized spacial score (nSPS) is 23.6. The Bertz CT molecular complexity index is 500. The number of benzene rings is 1. The fourth-order valence-corrected chi connectivity index (χ4v) is 3.37. The zero-order valence-corrected chi connectivity index (χ0v) is 11.7. The van der Waals surface area contributed by atoms with Crippen LogP contribution in [-0.2, 0) is 4.79 Å². The van der Waals surface area contributed by atoms with Crippen LogP contribution in [0.3, 0.4) is 0 Å². The molecule has 3 rings (SSSR count). The minimum Gasteiger partial charge on any atom is -0.346 e. The van der Waals surface area contributed by atoms with Gasteiger partial charge >= 0.3 is 0 Å². The second-order valence-corrected chi connectivity index (χ2v) is 5.98. The van der Waals surface area contributed by atoms with Crippen LogP contribution in [0.2, 0.25) is 0 Å². The van der Waals surface area contributed by atoms with Gasteiger partial charge in [-0.2, -0.15) is 0 Å². The van der Waals surface area contributed by atoms with Gasteiger partial charge in [-0.25, -0.2) is 0 Å². The fraction of sp³-hybridized carbons (Fsp3) is 0.529. The smallest absolute Gasteiger partial charge is 0.220 e. The topological polar surface area (TPSA) is 46.2 Å². The first-order chi connectivity index (χ1) is 9.74. The molecule has 0 radical (unpaired) electrons. The quantitative estimate of drug-likeness (QED) is 0.858. The van der Waals surface area contributed by atoms with Crippen LogP contribution in [0.25, 0.3) is 0 Å².